The number of alkyl halides is 3. The molecule has 1 fully saturated rings. The summed E-state index contributed by atoms with van der Waals surface area (Å²) in [6.07, 6.45) is -4.09. The summed E-state index contributed by atoms with van der Waals surface area (Å²) in [6, 6.07) is 0. The van der Waals surface area contributed by atoms with Crippen LogP contribution in [0.3, 0.4) is 0 Å². The molecule has 1 saturated heterocycles. The highest BCUT2D eigenvalue weighted by Gasteiger charge is 2.41. The second kappa shape index (κ2) is 6.05. The molecular formula is C12H23F3N2. The van der Waals surface area contributed by atoms with Crippen molar-refractivity contribution in [3.63, 3.8) is 0 Å². The monoisotopic (exact) mass is 252 g/mol. The van der Waals surface area contributed by atoms with Gasteiger partial charge in [-0.15, -0.1) is 0 Å². The fourth-order valence-electron chi connectivity index (χ4n) is 1.98. The van der Waals surface area contributed by atoms with Crippen molar-refractivity contribution in [2.75, 3.05) is 32.7 Å². The Morgan fingerprint density at radius 2 is 1.94 bits per heavy atom. The molecule has 0 saturated carbocycles. The molecular weight excluding hydrogens is 229 g/mol. The molecule has 0 aliphatic carbocycles. The van der Waals surface area contributed by atoms with Crippen LogP contribution in [0.2, 0.25) is 0 Å². The first kappa shape index (κ1) is 14.8. The Morgan fingerprint density at radius 1 is 1.29 bits per heavy atom. The zero-order chi connectivity index (χ0) is 13.1. The van der Waals surface area contributed by atoms with E-state index in [1.165, 1.54) is 0 Å². The summed E-state index contributed by atoms with van der Waals surface area (Å²) in [5.74, 6) is -0.290. The van der Waals surface area contributed by atoms with E-state index >= 15 is 0 Å². The third-order valence-electron chi connectivity index (χ3n) is 3.62. The lowest BCUT2D eigenvalue weighted by atomic mass is 9.97. The summed E-state index contributed by atoms with van der Waals surface area (Å²) in [5.41, 5.74) is 0. The third-order valence-corrected chi connectivity index (χ3v) is 3.62. The molecule has 0 aromatic rings. The van der Waals surface area contributed by atoms with E-state index in [-0.39, 0.29) is 13.1 Å². The van der Waals surface area contributed by atoms with Gasteiger partial charge in [0, 0.05) is 32.7 Å². The molecule has 0 aromatic heterocycles. The van der Waals surface area contributed by atoms with Crippen molar-refractivity contribution in [2.24, 2.45) is 17.8 Å². The topological polar surface area (TPSA) is 15.3 Å². The van der Waals surface area contributed by atoms with Crippen molar-refractivity contribution in [1.82, 2.24) is 10.2 Å². The van der Waals surface area contributed by atoms with Gasteiger partial charge in [-0.2, -0.15) is 13.2 Å². The van der Waals surface area contributed by atoms with E-state index in [0.717, 1.165) is 6.54 Å². The fourth-order valence-corrected chi connectivity index (χ4v) is 1.98. The first-order valence-electron chi connectivity index (χ1n) is 6.30. The van der Waals surface area contributed by atoms with E-state index in [9.17, 15) is 13.2 Å². The maximum Gasteiger partial charge on any atom is 0.394 e. The van der Waals surface area contributed by atoms with E-state index < -0.39 is 12.1 Å². The predicted molar refractivity (Wildman–Crippen MR) is 62.9 cm³/mol. The van der Waals surface area contributed by atoms with Gasteiger partial charge in [-0.25, -0.2) is 0 Å². The van der Waals surface area contributed by atoms with Crippen LogP contribution in [0.4, 0.5) is 13.2 Å². The molecule has 0 aromatic carbocycles. The summed E-state index contributed by atoms with van der Waals surface area (Å²) in [6.45, 7) is 8.63. The van der Waals surface area contributed by atoms with Crippen LogP contribution in [0, 0.1) is 17.8 Å². The van der Waals surface area contributed by atoms with Crippen molar-refractivity contribution in [2.45, 2.75) is 26.9 Å². The lowest BCUT2D eigenvalue weighted by molar-refractivity contribution is -0.176. The van der Waals surface area contributed by atoms with Crippen LogP contribution in [0.5, 0.6) is 0 Å². The molecule has 0 amide bonds. The molecule has 17 heavy (non-hydrogen) atoms. The number of nitrogens with one attached hydrogen (secondary N) is 1. The van der Waals surface area contributed by atoms with Crippen molar-refractivity contribution in [3.05, 3.63) is 0 Å². The van der Waals surface area contributed by atoms with Gasteiger partial charge in [-0.05, 0) is 11.8 Å². The van der Waals surface area contributed by atoms with Crippen LogP contribution in [-0.4, -0.2) is 43.8 Å². The first-order chi connectivity index (χ1) is 7.80. The summed E-state index contributed by atoms with van der Waals surface area (Å²) < 4.78 is 38.2. The van der Waals surface area contributed by atoms with Gasteiger partial charge in [0.05, 0.1) is 5.92 Å². The lowest BCUT2D eigenvalue weighted by Crippen LogP contribution is -2.40. The molecule has 1 N–H and O–H groups in total. The van der Waals surface area contributed by atoms with E-state index in [0.29, 0.717) is 24.9 Å². The van der Waals surface area contributed by atoms with Gasteiger partial charge >= 0.3 is 6.18 Å². The summed E-state index contributed by atoms with van der Waals surface area (Å²) >= 11 is 0. The molecule has 5 heteroatoms. The van der Waals surface area contributed by atoms with Crippen molar-refractivity contribution < 1.29 is 13.2 Å². The van der Waals surface area contributed by atoms with E-state index in [1.807, 2.05) is 4.90 Å². The Kier molecular flexibility index (Phi) is 5.25. The van der Waals surface area contributed by atoms with Gasteiger partial charge in [0.2, 0.25) is 0 Å². The van der Waals surface area contributed by atoms with Crippen molar-refractivity contribution >= 4 is 0 Å². The quantitative estimate of drug-likeness (QED) is 0.829. The second-order valence-electron chi connectivity index (χ2n) is 5.42. The normalized spacial score (nSPS) is 25.9. The van der Waals surface area contributed by atoms with E-state index in [1.54, 1.807) is 0 Å². The van der Waals surface area contributed by atoms with Crippen LogP contribution >= 0.6 is 0 Å². The Balaban J connectivity index is 2.54. The molecule has 1 aliphatic heterocycles. The van der Waals surface area contributed by atoms with Crippen molar-refractivity contribution in [1.29, 1.82) is 0 Å². The predicted octanol–water partition coefficient (Wildman–Crippen LogP) is 2.36. The molecule has 1 rings (SSSR count). The third kappa shape index (κ3) is 4.84. The Hall–Kier alpha value is -0.290. The van der Waals surface area contributed by atoms with Crippen LogP contribution in [-0.2, 0) is 0 Å². The van der Waals surface area contributed by atoms with E-state index in [2.05, 4.69) is 26.1 Å². The molecule has 1 heterocycles. The highest BCUT2D eigenvalue weighted by atomic mass is 19.4. The molecule has 2 atom stereocenters. The van der Waals surface area contributed by atoms with Gasteiger partial charge in [0.1, 0.15) is 0 Å². The second-order valence-corrected chi connectivity index (χ2v) is 5.42. The highest BCUT2D eigenvalue weighted by Crippen LogP contribution is 2.27. The zero-order valence-electron chi connectivity index (χ0n) is 10.8. The Labute approximate surface area is 102 Å². The SMILES string of the molecule is CC(C)C(C)CN1CCNCC(C(F)(F)F)C1. The maximum atomic E-state index is 12.7. The average molecular weight is 252 g/mol. The maximum absolute atomic E-state index is 12.7. The molecule has 0 radical (unpaired) electrons. The molecule has 2 nitrogen and oxygen atoms in total. The Morgan fingerprint density at radius 3 is 2.47 bits per heavy atom. The molecule has 1 aliphatic rings. The molecule has 0 spiro atoms. The number of halogens is 3. The Bertz CT molecular complexity index is 228. The van der Waals surface area contributed by atoms with E-state index in [4.69, 9.17) is 0 Å². The highest BCUT2D eigenvalue weighted by molar-refractivity contribution is 4.79. The number of hydrogen-bond donors (Lipinski definition) is 1. The minimum Gasteiger partial charge on any atom is -0.315 e. The minimum atomic E-state index is -4.09. The van der Waals surface area contributed by atoms with Crippen molar-refractivity contribution in [3.8, 4) is 0 Å². The lowest BCUT2D eigenvalue weighted by Gasteiger charge is -2.29. The molecule has 2 unspecified atom stereocenters. The zero-order valence-corrected chi connectivity index (χ0v) is 10.8. The first-order valence-corrected chi connectivity index (χ1v) is 6.30. The smallest absolute Gasteiger partial charge is 0.315 e. The summed E-state index contributed by atoms with van der Waals surface area (Å²) in [5, 5.41) is 2.87. The van der Waals surface area contributed by atoms with Gasteiger partial charge in [-0.3, -0.25) is 0 Å². The number of rotatable bonds is 3. The molecule has 102 valence electrons. The van der Waals surface area contributed by atoms with Gasteiger partial charge in [-0.1, -0.05) is 20.8 Å². The standard InChI is InChI=1S/C12H23F3N2/c1-9(2)10(3)7-17-5-4-16-6-11(8-17)12(13,14)15/h9-11,16H,4-8H2,1-3H3. The van der Waals surface area contributed by atoms with Crippen LogP contribution in [0.15, 0.2) is 0 Å². The van der Waals surface area contributed by atoms with Crippen LogP contribution in [0.1, 0.15) is 20.8 Å². The fraction of sp³-hybridized carbons (Fsp3) is 1.00. The minimum absolute atomic E-state index is 0.0516. The number of hydrogen-bond acceptors (Lipinski definition) is 2. The van der Waals surface area contributed by atoms with Gasteiger partial charge in [0.15, 0.2) is 0 Å². The van der Waals surface area contributed by atoms with Gasteiger partial charge < -0.3 is 10.2 Å². The summed E-state index contributed by atoms with van der Waals surface area (Å²) in [7, 11) is 0. The van der Waals surface area contributed by atoms with Crippen LogP contribution in [0.25, 0.3) is 0 Å². The largest absolute Gasteiger partial charge is 0.394 e. The summed E-state index contributed by atoms with van der Waals surface area (Å²) in [4.78, 5) is 1.95. The number of nitrogens with zero attached hydrogens (tertiary/aromatic N) is 1. The average Bonchev–Trinajstić information content (AvgIpc) is 2.42. The van der Waals surface area contributed by atoms with Crippen LogP contribution < -0.4 is 5.32 Å². The molecule has 0 bridgehead atoms. The van der Waals surface area contributed by atoms with Gasteiger partial charge in [0.25, 0.3) is 0 Å².